The van der Waals surface area contributed by atoms with Gasteiger partial charge in [0.2, 0.25) is 0 Å². The minimum Gasteiger partial charge on any atom is -0.497 e. The van der Waals surface area contributed by atoms with Gasteiger partial charge in [0.25, 0.3) is 0 Å². The van der Waals surface area contributed by atoms with E-state index < -0.39 is 11.6 Å². The monoisotopic (exact) mass is 359 g/mol. The van der Waals surface area contributed by atoms with Crippen molar-refractivity contribution >= 4 is 5.97 Å². The predicted molar refractivity (Wildman–Crippen MR) is 96.4 cm³/mol. The molecular formula is C19H25N3O4. The maximum Gasteiger partial charge on any atom is 0.347 e. The van der Waals surface area contributed by atoms with Gasteiger partial charge in [-0.15, -0.1) is 0 Å². The number of esters is 1. The summed E-state index contributed by atoms with van der Waals surface area (Å²) < 4.78 is 13.6. The third kappa shape index (κ3) is 3.81. The van der Waals surface area contributed by atoms with Gasteiger partial charge >= 0.3 is 11.7 Å². The first-order valence-corrected chi connectivity index (χ1v) is 8.82. The van der Waals surface area contributed by atoms with E-state index in [9.17, 15) is 9.59 Å². The largest absolute Gasteiger partial charge is 0.497 e. The van der Waals surface area contributed by atoms with Crippen LogP contribution in [0.5, 0.6) is 5.75 Å². The number of methoxy groups -OCH3 is 1. The number of carbonyl (C=O) groups excluding carboxylic acids is 1. The summed E-state index contributed by atoms with van der Waals surface area (Å²) >= 11 is 0. The summed E-state index contributed by atoms with van der Waals surface area (Å²) in [5, 5.41) is 4.45. The van der Waals surface area contributed by atoms with E-state index in [2.05, 4.69) is 5.10 Å². The first kappa shape index (κ1) is 18.2. The van der Waals surface area contributed by atoms with Gasteiger partial charge in [-0.05, 0) is 51.3 Å². The van der Waals surface area contributed by atoms with Gasteiger partial charge in [0, 0.05) is 6.42 Å². The van der Waals surface area contributed by atoms with Crippen LogP contribution in [0.1, 0.15) is 51.0 Å². The Balaban J connectivity index is 1.90. The summed E-state index contributed by atoms with van der Waals surface area (Å²) in [4.78, 5) is 25.4. The lowest BCUT2D eigenvalue weighted by Crippen LogP contribution is -2.38. The van der Waals surface area contributed by atoms with Gasteiger partial charge in [0.1, 0.15) is 23.2 Å². The number of hydrogen-bond donors (Lipinski definition) is 0. The van der Waals surface area contributed by atoms with Gasteiger partial charge in [0.05, 0.1) is 13.7 Å². The number of nitrogens with zero attached hydrogens (tertiary/aromatic N) is 3. The van der Waals surface area contributed by atoms with Gasteiger partial charge in [-0.3, -0.25) is 4.57 Å². The number of aryl methyl sites for hydroxylation is 1. The molecule has 0 fully saturated rings. The molecule has 7 heteroatoms. The molecule has 0 radical (unpaired) electrons. The molecular weight excluding hydrogens is 334 g/mol. The third-order valence-electron chi connectivity index (χ3n) is 4.28. The molecule has 0 saturated carbocycles. The zero-order valence-corrected chi connectivity index (χ0v) is 15.7. The molecule has 1 aliphatic heterocycles. The smallest absolute Gasteiger partial charge is 0.347 e. The summed E-state index contributed by atoms with van der Waals surface area (Å²) in [7, 11) is 1.60. The van der Waals surface area contributed by atoms with Crippen molar-refractivity contribution in [3.05, 3.63) is 46.1 Å². The molecule has 2 aromatic rings. The molecule has 1 atom stereocenters. The van der Waals surface area contributed by atoms with Crippen molar-refractivity contribution in [1.82, 2.24) is 14.3 Å². The maximum atomic E-state index is 12.9. The van der Waals surface area contributed by atoms with Crippen LogP contribution in [0.25, 0.3) is 0 Å². The summed E-state index contributed by atoms with van der Waals surface area (Å²) in [6.07, 6.45) is 2.08. The molecule has 0 amide bonds. The van der Waals surface area contributed by atoms with Crippen molar-refractivity contribution in [3.63, 3.8) is 0 Å². The van der Waals surface area contributed by atoms with E-state index in [1.807, 2.05) is 45.0 Å². The van der Waals surface area contributed by atoms with E-state index in [0.29, 0.717) is 25.2 Å². The highest BCUT2D eigenvalue weighted by molar-refractivity contribution is 5.74. The molecule has 0 spiro atoms. The van der Waals surface area contributed by atoms with E-state index in [1.54, 1.807) is 7.11 Å². The van der Waals surface area contributed by atoms with E-state index in [0.717, 1.165) is 17.7 Å². The number of ether oxygens (including phenoxy) is 2. The number of fused-ring (bicyclic) bond motifs is 1. The van der Waals surface area contributed by atoms with Crippen LogP contribution < -0.4 is 10.4 Å². The number of hydrogen-bond acceptors (Lipinski definition) is 5. The average Bonchev–Trinajstić information content (AvgIpc) is 2.89. The molecule has 0 aliphatic carbocycles. The van der Waals surface area contributed by atoms with Crippen molar-refractivity contribution in [3.8, 4) is 5.75 Å². The van der Waals surface area contributed by atoms with Crippen molar-refractivity contribution in [2.24, 2.45) is 0 Å². The molecule has 0 saturated heterocycles. The molecule has 3 rings (SSSR count). The quantitative estimate of drug-likeness (QED) is 0.783. The van der Waals surface area contributed by atoms with Crippen LogP contribution in [-0.4, -0.2) is 33.0 Å². The van der Waals surface area contributed by atoms with Crippen LogP contribution in [0.3, 0.4) is 0 Å². The Morgan fingerprint density at radius 1 is 1.35 bits per heavy atom. The molecule has 140 valence electrons. The molecule has 2 heterocycles. The van der Waals surface area contributed by atoms with Gasteiger partial charge < -0.3 is 9.47 Å². The number of benzene rings is 1. The summed E-state index contributed by atoms with van der Waals surface area (Å²) in [6, 6.07) is 6.90. The SMILES string of the molecule is COc1cccc(Cn2nc3n(c2=O)C(C(=O)OC(C)(C)C)CCC3)c1. The van der Waals surface area contributed by atoms with Crippen molar-refractivity contribution in [1.29, 1.82) is 0 Å². The minimum atomic E-state index is -0.607. The van der Waals surface area contributed by atoms with Crippen LogP contribution in [0, 0.1) is 0 Å². The van der Waals surface area contributed by atoms with Crippen LogP contribution in [0.2, 0.25) is 0 Å². The number of rotatable bonds is 4. The van der Waals surface area contributed by atoms with Crippen LogP contribution in [-0.2, 0) is 22.5 Å². The van der Waals surface area contributed by atoms with E-state index in [-0.39, 0.29) is 11.7 Å². The van der Waals surface area contributed by atoms with E-state index in [1.165, 1.54) is 9.25 Å². The molecule has 7 nitrogen and oxygen atoms in total. The number of aromatic nitrogens is 3. The predicted octanol–water partition coefficient (Wildman–Crippen LogP) is 2.32. The van der Waals surface area contributed by atoms with Crippen molar-refractivity contribution in [2.45, 2.75) is 58.2 Å². The fraction of sp³-hybridized carbons (Fsp3) is 0.526. The average molecular weight is 359 g/mol. The van der Waals surface area contributed by atoms with Gasteiger partial charge in [0.15, 0.2) is 0 Å². The molecule has 26 heavy (non-hydrogen) atoms. The summed E-state index contributed by atoms with van der Waals surface area (Å²) in [5.41, 5.74) is 0.0450. The second kappa shape index (κ2) is 6.97. The zero-order valence-electron chi connectivity index (χ0n) is 15.7. The van der Waals surface area contributed by atoms with E-state index >= 15 is 0 Å². The summed E-state index contributed by atoms with van der Waals surface area (Å²) in [6.45, 7) is 5.80. The Labute approximate surface area is 152 Å². The van der Waals surface area contributed by atoms with Crippen LogP contribution in [0.15, 0.2) is 29.1 Å². The third-order valence-corrected chi connectivity index (χ3v) is 4.28. The Morgan fingerprint density at radius 3 is 2.81 bits per heavy atom. The Kier molecular flexibility index (Phi) is 4.89. The van der Waals surface area contributed by atoms with Gasteiger partial charge in [-0.25, -0.2) is 14.3 Å². The second-order valence-corrected chi connectivity index (χ2v) is 7.52. The Morgan fingerprint density at radius 2 is 2.12 bits per heavy atom. The summed E-state index contributed by atoms with van der Waals surface area (Å²) in [5.74, 6) is 0.993. The Hall–Kier alpha value is -2.57. The van der Waals surface area contributed by atoms with Gasteiger partial charge in [-0.2, -0.15) is 5.10 Å². The normalized spacial score (nSPS) is 16.8. The van der Waals surface area contributed by atoms with Crippen LogP contribution in [0.4, 0.5) is 0 Å². The Bertz CT molecular complexity index is 860. The lowest BCUT2D eigenvalue weighted by atomic mass is 10.0. The highest BCUT2D eigenvalue weighted by atomic mass is 16.6. The lowest BCUT2D eigenvalue weighted by molar-refractivity contribution is -0.159. The van der Waals surface area contributed by atoms with Crippen molar-refractivity contribution < 1.29 is 14.3 Å². The van der Waals surface area contributed by atoms with Crippen LogP contribution >= 0.6 is 0 Å². The minimum absolute atomic E-state index is 0.279. The van der Waals surface area contributed by atoms with E-state index in [4.69, 9.17) is 9.47 Å². The zero-order chi connectivity index (χ0) is 18.9. The molecule has 0 N–H and O–H groups in total. The first-order chi connectivity index (χ1) is 12.3. The molecule has 0 bridgehead atoms. The molecule has 1 unspecified atom stereocenters. The topological polar surface area (TPSA) is 75.4 Å². The van der Waals surface area contributed by atoms with Gasteiger partial charge in [-0.1, -0.05) is 12.1 Å². The fourth-order valence-corrected chi connectivity index (χ4v) is 3.17. The lowest BCUT2D eigenvalue weighted by Gasteiger charge is -2.26. The highest BCUT2D eigenvalue weighted by Crippen LogP contribution is 2.25. The van der Waals surface area contributed by atoms with Crippen molar-refractivity contribution in [2.75, 3.05) is 7.11 Å². The number of carbonyl (C=O) groups is 1. The molecule has 1 aromatic heterocycles. The fourth-order valence-electron chi connectivity index (χ4n) is 3.17. The molecule has 1 aromatic carbocycles. The highest BCUT2D eigenvalue weighted by Gasteiger charge is 2.33. The maximum absolute atomic E-state index is 12.9. The molecule has 1 aliphatic rings. The second-order valence-electron chi connectivity index (χ2n) is 7.52. The first-order valence-electron chi connectivity index (χ1n) is 8.82. The standard InChI is InChI=1S/C19H25N3O4/c1-19(2,3)26-17(23)15-9-6-10-16-20-21(18(24)22(15)16)12-13-7-5-8-14(11-13)25-4/h5,7-8,11,15H,6,9-10,12H2,1-4H3.